The maximum absolute atomic E-state index is 12.5. The van der Waals surface area contributed by atoms with E-state index in [9.17, 15) is 13.2 Å². The van der Waals surface area contributed by atoms with Gasteiger partial charge in [-0.05, 0) is 43.7 Å². The molecule has 0 unspecified atom stereocenters. The number of carbonyl (C=O) groups is 1. The summed E-state index contributed by atoms with van der Waals surface area (Å²) in [4.78, 5) is 16.8. The number of fused-ring (bicyclic) bond motifs is 1. The van der Waals surface area contributed by atoms with E-state index in [0.29, 0.717) is 6.54 Å². The van der Waals surface area contributed by atoms with Crippen LogP contribution in [0.5, 0.6) is 0 Å². The predicted octanol–water partition coefficient (Wildman–Crippen LogP) is 3.59. The van der Waals surface area contributed by atoms with Gasteiger partial charge < -0.3 is 5.32 Å². The summed E-state index contributed by atoms with van der Waals surface area (Å²) >= 11 is 0. The van der Waals surface area contributed by atoms with Crippen molar-refractivity contribution in [3.8, 4) is 0 Å². The first-order valence-electron chi connectivity index (χ1n) is 9.65. The molecule has 0 fully saturated rings. The Hall–Kier alpha value is -3.03. The molecule has 0 atom stereocenters. The lowest BCUT2D eigenvalue weighted by Gasteiger charge is -2.21. The van der Waals surface area contributed by atoms with Gasteiger partial charge in [-0.25, -0.2) is 8.42 Å². The van der Waals surface area contributed by atoms with E-state index >= 15 is 0 Å². The zero-order valence-electron chi connectivity index (χ0n) is 17.2. The van der Waals surface area contributed by atoms with Crippen molar-refractivity contribution in [3.63, 3.8) is 0 Å². The maximum Gasteiger partial charge on any atom is 0.244 e. The highest BCUT2D eigenvalue weighted by molar-refractivity contribution is 7.89. The maximum atomic E-state index is 12.5. The average Bonchev–Trinajstić information content (AvgIpc) is 2.75. The van der Waals surface area contributed by atoms with Crippen LogP contribution in [0.2, 0.25) is 0 Å². The number of nitrogens with zero attached hydrogens (tertiary/aromatic N) is 2. The van der Waals surface area contributed by atoms with Gasteiger partial charge in [0.05, 0.1) is 10.4 Å². The second-order valence-corrected chi connectivity index (χ2v) is 9.23. The number of para-hydroxylation sites is 1. The van der Waals surface area contributed by atoms with Crippen LogP contribution in [-0.2, 0) is 21.4 Å². The summed E-state index contributed by atoms with van der Waals surface area (Å²) < 4.78 is 26.3. The lowest BCUT2D eigenvalue weighted by atomic mass is 10.1. The van der Waals surface area contributed by atoms with E-state index in [2.05, 4.69) is 10.3 Å². The molecule has 1 N–H and O–H groups in total. The van der Waals surface area contributed by atoms with Crippen LogP contribution in [0.4, 0.5) is 0 Å². The minimum Gasteiger partial charge on any atom is -0.348 e. The molecule has 7 heteroatoms. The fraction of sp³-hybridized carbons (Fsp3) is 0.217. The minimum absolute atomic E-state index is 0.127. The Labute approximate surface area is 177 Å². The van der Waals surface area contributed by atoms with Gasteiger partial charge in [-0.3, -0.25) is 9.78 Å². The van der Waals surface area contributed by atoms with E-state index in [1.165, 1.54) is 10.4 Å². The topological polar surface area (TPSA) is 79.4 Å². The summed E-state index contributed by atoms with van der Waals surface area (Å²) in [5.41, 5.74) is 2.52. The van der Waals surface area contributed by atoms with Gasteiger partial charge >= 0.3 is 0 Å². The molecule has 6 nitrogen and oxygen atoms in total. The Morgan fingerprint density at radius 3 is 2.50 bits per heavy atom. The van der Waals surface area contributed by atoms with Gasteiger partial charge in [0.2, 0.25) is 15.9 Å². The summed E-state index contributed by atoms with van der Waals surface area (Å²) in [7, 11) is -1.95. The third-order valence-electron chi connectivity index (χ3n) is 4.87. The first-order valence-corrected chi connectivity index (χ1v) is 11.1. The Balaban J connectivity index is 1.63. The molecule has 0 saturated heterocycles. The molecular weight excluding hydrogens is 398 g/mol. The molecule has 3 aromatic rings. The average molecular weight is 424 g/mol. The second kappa shape index (κ2) is 9.19. The van der Waals surface area contributed by atoms with Crippen molar-refractivity contribution in [2.45, 2.75) is 31.3 Å². The van der Waals surface area contributed by atoms with Crippen molar-refractivity contribution < 1.29 is 13.2 Å². The second-order valence-electron chi connectivity index (χ2n) is 7.23. The number of amides is 1. The van der Waals surface area contributed by atoms with Gasteiger partial charge in [0, 0.05) is 42.9 Å². The molecule has 3 rings (SSSR count). The summed E-state index contributed by atoms with van der Waals surface area (Å²) in [5, 5.41) is 3.82. The van der Waals surface area contributed by atoms with Gasteiger partial charge in [-0.2, -0.15) is 4.31 Å². The summed E-state index contributed by atoms with van der Waals surface area (Å²) in [6.45, 7) is 3.95. The van der Waals surface area contributed by atoms with E-state index in [0.717, 1.165) is 22.0 Å². The van der Waals surface area contributed by atoms with Gasteiger partial charge in [0.1, 0.15) is 0 Å². The highest BCUT2D eigenvalue weighted by Crippen LogP contribution is 2.18. The normalized spacial score (nSPS) is 12.2. The van der Waals surface area contributed by atoms with Crippen molar-refractivity contribution in [3.05, 3.63) is 78.0 Å². The molecule has 1 heterocycles. The third kappa shape index (κ3) is 4.93. The molecular formula is C23H25N3O3S. The molecule has 0 saturated carbocycles. The third-order valence-corrected chi connectivity index (χ3v) is 6.92. The molecule has 0 aliphatic rings. The lowest BCUT2D eigenvalue weighted by Crippen LogP contribution is -2.33. The van der Waals surface area contributed by atoms with E-state index in [4.69, 9.17) is 0 Å². The standard InChI is InChI=1S/C23H25N3O3S/c1-17(2)26(3)30(28,29)21-12-9-18(10-13-21)16-25-22(27)14-11-20-7-4-6-19-8-5-15-24-23(19)20/h4-15,17H,16H2,1-3H3,(H,25,27)/b14-11+. The largest absolute Gasteiger partial charge is 0.348 e. The van der Waals surface area contributed by atoms with E-state index in [1.807, 2.05) is 44.2 Å². The molecule has 2 aromatic carbocycles. The number of sulfonamides is 1. The SMILES string of the molecule is CC(C)N(C)S(=O)(=O)c1ccc(CNC(=O)/C=C/c2cccc3cccnc23)cc1. The zero-order valence-corrected chi connectivity index (χ0v) is 18.1. The van der Waals surface area contributed by atoms with E-state index in [1.54, 1.807) is 43.6 Å². The van der Waals surface area contributed by atoms with Crippen molar-refractivity contribution in [2.24, 2.45) is 0 Å². The molecule has 0 aliphatic carbocycles. The number of rotatable bonds is 7. The fourth-order valence-corrected chi connectivity index (χ4v) is 4.27. The molecule has 30 heavy (non-hydrogen) atoms. The molecule has 156 valence electrons. The first kappa shape index (κ1) is 21.7. The highest BCUT2D eigenvalue weighted by Gasteiger charge is 2.22. The smallest absolute Gasteiger partial charge is 0.244 e. The van der Waals surface area contributed by atoms with E-state index in [-0.39, 0.29) is 16.8 Å². The molecule has 1 aromatic heterocycles. The van der Waals surface area contributed by atoms with Crippen molar-refractivity contribution >= 4 is 32.9 Å². The Morgan fingerprint density at radius 2 is 1.80 bits per heavy atom. The quantitative estimate of drug-likeness (QED) is 0.589. The van der Waals surface area contributed by atoms with Crippen LogP contribution in [0.1, 0.15) is 25.0 Å². The molecule has 0 radical (unpaired) electrons. The molecule has 0 spiro atoms. The lowest BCUT2D eigenvalue weighted by molar-refractivity contribution is -0.116. The van der Waals surface area contributed by atoms with Crippen molar-refractivity contribution in [2.75, 3.05) is 7.05 Å². The Morgan fingerprint density at radius 1 is 1.10 bits per heavy atom. The summed E-state index contributed by atoms with van der Waals surface area (Å²) in [6.07, 6.45) is 4.94. The Kier molecular flexibility index (Phi) is 6.64. The first-order chi connectivity index (χ1) is 14.3. The van der Waals surface area contributed by atoms with Gasteiger partial charge in [0.25, 0.3) is 0 Å². The van der Waals surface area contributed by atoms with Crippen LogP contribution in [0.25, 0.3) is 17.0 Å². The predicted molar refractivity (Wildman–Crippen MR) is 119 cm³/mol. The van der Waals surface area contributed by atoms with Crippen LogP contribution in [0, 0.1) is 0 Å². The summed E-state index contributed by atoms with van der Waals surface area (Å²) in [6, 6.07) is 16.1. The number of benzene rings is 2. The van der Waals surface area contributed by atoms with Gasteiger partial charge in [-0.15, -0.1) is 0 Å². The molecule has 0 bridgehead atoms. The van der Waals surface area contributed by atoms with Gasteiger partial charge in [0.15, 0.2) is 0 Å². The summed E-state index contributed by atoms with van der Waals surface area (Å²) in [5.74, 6) is -0.237. The van der Waals surface area contributed by atoms with Crippen molar-refractivity contribution in [1.82, 2.24) is 14.6 Å². The van der Waals surface area contributed by atoms with Gasteiger partial charge in [-0.1, -0.05) is 36.4 Å². The van der Waals surface area contributed by atoms with Crippen LogP contribution in [0.15, 0.2) is 71.8 Å². The van der Waals surface area contributed by atoms with Crippen molar-refractivity contribution in [1.29, 1.82) is 0 Å². The van der Waals surface area contributed by atoms with E-state index < -0.39 is 10.0 Å². The number of aromatic nitrogens is 1. The molecule has 1 amide bonds. The fourth-order valence-electron chi connectivity index (χ4n) is 2.90. The minimum atomic E-state index is -3.51. The van der Waals surface area contributed by atoms with Crippen LogP contribution in [0.3, 0.4) is 0 Å². The van der Waals surface area contributed by atoms with Crippen LogP contribution >= 0.6 is 0 Å². The Bertz CT molecular complexity index is 1160. The number of hydrogen-bond donors (Lipinski definition) is 1. The monoisotopic (exact) mass is 423 g/mol. The molecule has 0 aliphatic heterocycles. The number of carbonyl (C=O) groups excluding carboxylic acids is 1. The number of nitrogens with one attached hydrogen (secondary N) is 1. The van der Waals surface area contributed by atoms with Crippen LogP contribution < -0.4 is 5.32 Å². The number of pyridine rings is 1. The van der Waals surface area contributed by atoms with Crippen LogP contribution in [-0.4, -0.2) is 36.7 Å². The zero-order chi connectivity index (χ0) is 21.7. The highest BCUT2D eigenvalue weighted by atomic mass is 32.2. The number of hydrogen-bond acceptors (Lipinski definition) is 4.